The number of carbonyl (C=O) groups is 1. The smallest absolute Gasteiger partial charge is 0.255 e. The van der Waals surface area contributed by atoms with Crippen molar-refractivity contribution in [1.29, 1.82) is 0 Å². The van der Waals surface area contributed by atoms with Crippen molar-refractivity contribution in [2.24, 2.45) is 0 Å². The monoisotopic (exact) mass is 347 g/mol. The van der Waals surface area contributed by atoms with Gasteiger partial charge in [-0.15, -0.1) is 33.3 Å². The molecule has 0 saturated carbocycles. The summed E-state index contributed by atoms with van der Waals surface area (Å²) in [5.74, 6) is 1.44. The Morgan fingerprint density at radius 1 is 1.39 bits per heavy atom. The maximum atomic E-state index is 13.0. The predicted molar refractivity (Wildman–Crippen MR) is 95.4 cm³/mol. The van der Waals surface area contributed by atoms with E-state index in [2.05, 4.69) is 17.1 Å². The predicted octanol–water partition coefficient (Wildman–Crippen LogP) is 3.98. The second-order valence-corrected chi connectivity index (χ2v) is 8.20. The van der Waals surface area contributed by atoms with Gasteiger partial charge in [-0.25, -0.2) is 0 Å². The van der Waals surface area contributed by atoms with Crippen molar-refractivity contribution < 1.29 is 4.79 Å². The Kier molecular flexibility index (Phi) is 5.33. The lowest BCUT2D eigenvalue weighted by Gasteiger charge is -2.32. The summed E-state index contributed by atoms with van der Waals surface area (Å²) in [7, 11) is 0. The summed E-state index contributed by atoms with van der Waals surface area (Å²) < 4.78 is 0. The maximum absolute atomic E-state index is 13.0. The van der Waals surface area contributed by atoms with Crippen molar-refractivity contribution >= 4 is 29.0 Å². The first kappa shape index (κ1) is 16.5. The highest BCUT2D eigenvalue weighted by Gasteiger charge is 2.28. The van der Waals surface area contributed by atoms with E-state index in [0.29, 0.717) is 5.92 Å². The molecule has 1 aliphatic heterocycles. The van der Waals surface area contributed by atoms with Crippen molar-refractivity contribution in [2.45, 2.75) is 37.5 Å². The number of aromatic nitrogens is 2. The molecule has 23 heavy (non-hydrogen) atoms. The van der Waals surface area contributed by atoms with Gasteiger partial charge in [0.15, 0.2) is 0 Å². The van der Waals surface area contributed by atoms with Gasteiger partial charge in [-0.3, -0.25) is 4.79 Å². The van der Waals surface area contributed by atoms with Crippen LogP contribution in [-0.4, -0.2) is 39.8 Å². The number of aryl methyl sites for hydroxylation is 1. The quantitative estimate of drug-likeness (QED) is 0.785. The standard InChI is InChI=1S/C17H21N3OS2/c1-3-22-15-9-5-4-8-14(15)17(21)20-10-6-7-13(11-20)16-19-18-12(2)23-16/h4-5,8-9,13H,3,6-7,10-11H2,1-2H3. The van der Waals surface area contributed by atoms with E-state index in [1.807, 2.05) is 36.1 Å². The Morgan fingerprint density at radius 2 is 2.22 bits per heavy atom. The molecule has 0 N–H and O–H groups in total. The minimum Gasteiger partial charge on any atom is -0.338 e. The van der Waals surface area contributed by atoms with Crippen LogP contribution in [0.4, 0.5) is 0 Å². The Morgan fingerprint density at radius 3 is 2.96 bits per heavy atom. The second kappa shape index (κ2) is 7.45. The molecule has 4 nitrogen and oxygen atoms in total. The number of hydrogen-bond donors (Lipinski definition) is 0. The normalized spacial score (nSPS) is 18.2. The van der Waals surface area contributed by atoms with Crippen molar-refractivity contribution in [3.05, 3.63) is 39.8 Å². The lowest BCUT2D eigenvalue weighted by molar-refractivity contribution is 0.0703. The first-order valence-electron chi connectivity index (χ1n) is 8.00. The third-order valence-electron chi connectivity index (χ3n) is 4.02. The molecule has 0 radical (unpaired) electrons. The number of benzene rings is 1. The molecule has 122 valence electrons. The molecular formula is C17H21N3OS2. The lowest BCUT2D eigenvalue weighted by Crippen LogP contribution is -2.39. The van der Waals surface area contributed by atoms with E-state index in [0.717, 1.165) is 52.2 Å². The van der Waals surface area contributed by atoms with Gasteiger partial charge in [0.25, 0.3) is 5.91 Å². The van der Waals surface area contributed by atoms with Gasteiger partial charge in [0, 0.05) is 23.9 Å². The Bertz CT molecular complexity index is 686. The zero-order valence-corrected chi connectivity index (χ0v) is 15.1. The van der Waals surface area contributed by atoms with Gasteiger partial charge < -0.3 is 4.90 Å². The second-order valence-electron chi connectivity index (χ2n) is 5.68. The fraction of sp³-hybridized carbons (Fsp3) is 0.471. The van der Waals surface area contributed by atoms with Crippen LogP contribution in [0.5, 0.6) is 0 Å². The largest absolute Gasteiger partial charge is 0.338 e. The van der Waals surface area contributed by atoms with Crippen molar-refractivity contribution in [3.8, 4) is 0 Å². The van der Waals surface area contributed by atoms with Crippen LogP contribution in [0.2, 0.25) is 0 Å². The molecule has 6 heteroatoms. The maximum Gasteiger partial charge on any atom is 0.255 e. The zero-order valence-electron chi connectivity index (χ0n) is 13.5. The minimum atomic E-state index is 0.146. The fourth-order valence-electron chi connectivity index (χ4n) is 2.94. The number of rotatable bonds is 4. The SMILES string of the molecule is CCSc1ccccc1C(=O)N1CCCC(c2nnc(C)s2)C1. The van der Waals surface area contributed by atoms with Crippen LogP contribution >= 0.6 is 23.1 Å². The number of thioether (sulfide) groups is 1. The van der Waals surface area contributed by atoms with Crippen LogP contribution in [0.25, 0.3) is 0 Å². The summed E-state index contributed by atoms with van der Waals surface area (Å²) in [4.78, 5) is 16.0. The van der Waals surface area contributed by atoms with Crippen molar-refractivity contribution in [1.82, 2.24) is 15.1 Å². The van der Waals surface area contributed by atoms with E-state index in [9.17, 15) is 4.79 Å². The van der Waals surface area contributed by atoms with Crippen LogP contribution in [-0.2, 0) is 0 Å². The van der Waals surface area contributed by atoms with E-state index in [4.69, 9.17) is 0 Å². The van der Waals surface area contributed by atoms with Crippen LogP contribution in [0, 0.1) is 6.92 Å². The average Bonchev–Trinajstić information content (AvgIpc) is 3.02. The third-order valence-corrected chi connectivity index (χ3v) is 5.97. The molecule has 1 aromatic carbocycles. The molecule has 2 heterocycles. The molecule has 1 atom stereocenters. The Hall–Kier alpha value is -1.40. The number of nitrogens with zero attached hydrogens (tertiary/aromatic N) is 3. The van der Waals surface area contributed by atoms with Gasteiger partial charge in [-0.1, -0.05) is 19.1 Å². The van der Waals surface area contributed by atoms with E-state index >= 15 is 0 Å². The summed E-state index contributed by atoms with van der Waals surface area (Å²) in [6, 6.07) is 7.93. The summed E-state index contributed by atoms with van der Waals surface area (Å²) >= 11 is 3.38. The highest BCUT2D eigenvalue weighted by atomic mass is 32.2. The molecule has 1 amide bonds. The minimum absolute atomic E-state index is 0.146. The molecule has 2 aromatic rings. The average molecular weight is 348 g/mol. The third kappa shape index (κ3) is 3.75. The van der Waals surface area contributed by atoms with Crippen molar-refractivity contribution in [3.63, 3.8) is 0 Å². The topological polar surface area (TPSA) is 46.1 Å². The van der Waals surface area contributed by atoms with E-state index in [-0.39, 0.29) is 5.91 Å². The van der Waals surface area contributed by atoms with Gasteiger partial charge in [0.1, 0.15) is 10.0 Å². The van der Waals surface area contributed by atoms with Crippen LogP contribution in [0.15, 0.2) is 29.2 Å². The van der Waals surface area contributed by atoms with Gasteiger partial charge in [-0.2, -0.15) is 0 Å². The van der Waals surface area contributed by atoms with Gasteiger partial charge in [0.2, 0.25) is 0 Å². The Balaban J connectivity index is 1.77. The molecule has 1 aromatic heterocycles. The first-order chi connectivity index (χ1) is 11.2. The summed E-state index contributed by atoms with van der Waals surface area (Å²) in [6.07, 6.45) is 2.11. The molecule has 0 aliphatic carbocycles. The summed E-state index contributed by atoms with van der Waals surface area (Å²) in [5, 5.41) is 10.5. The highest BCUT2D eigenvalue weighted by Crippen LogP contribution is 2.31. The molecule has 1 unspecified atom stereocenters. The van der Waals surface area contributed by atoms with Crippen LogP contribution < -0.4 is 0 Å². The van der Waals surface area contributed by atoms with Gasteiger partial charge in [-0.05, 0) is 37.7 Å². The lowest BCUT2D eigenvalue weighted by atomic mass is 9.98. The summed E-state index contributed by atoms with van der Waals surface area (Å²) in [5.41, 5.74) is 0.827. The summed E-state index contributed by atoms with van der Waals surface area (Å²) in [6.45, 7) is 5.67. The number of piperidine rings is 1. The number of hydrogen-bond acceptors (Lipinski definition) is 5. The van der Waals surface area contributed by atoms with Crippen molar-refractivity contribution in [2.75, 3.05) is 18.8 Å². The van der Waals surface area contributed by atoms with Crippen LogP contribution in [0.3, 0.4) is 0 Å². The molecule has 1 fully saturated rings. The molecule has 0 bridgehead atoms. The van der Waals surface area contributed by atoms with Gasteiger partial charge in [0.05, 0.1) is 5.56 Å². The molecule has 1 aliphatic rings. The first-order valence-corrected chi connectivity index (χ1v) is 9.80. The van der Waals surface area contributed by atoms with E-state index < -0.39 is 0 Å². The van der Waals surface area contributed by atoms with E-state index in [1.54, 1.807) is 23.1 Å². The molecule has 3 rings (SSSR count). The Labute approximate surface area is 145 Å². The number of carbonyl (C=O) groups excluding carboxylic acids is 1. The van der Waals surface area contributed by atoms with Crippen LogP contribution in [0.1, 0.15) is 46.1 Å². The zero-order chi connectivity index (χ0) is 16.2. The number of amides is 1. The van der Waals surface area contributed by atoms with Gasteiger partial charge >= 0.3 is 0 Å². The number of likely N-dealkylation sites (tertiary alicyclic amines) is 1. The highest BCUT2D eigenvalue weighted by molar-refractivity contribution is 7.99. The molecule has 0 spiro atoms. The molecule has 1 saturated heterocycles. The van der Waals surface area contributed by atoms with E-state index in [1.165, 1.54) is 0 Å². The molecular weight excluding hydrogens is 326 g/mol. The fourth-order valence-corrected chi connectivity index (χ4v) is 4.56.